The fourth-order valence-corrected chi connectivity index (χ4v) is 4.78. The minimum Gasteiger partial charge on any atom is -0.350 e. The molecule has 0 unspecified atom stereocenters. The van der Waals surface area contributed by atoms with Crippen molar-refractivity contribution in [1.29, 1.82) is 0 Å². The number of imide groups is 1. The van der Waals surface area contributed by atoms with Crippen molar-refractivity contribution in [2.24, 2.45) is 0 Å². The standard InChI is InChI=1S/C26H28N4O2/c31-25-23(24(26(32)28-25)27-19-10-3-1-4-11-19)21-18-30(22-13-6-5-12-20(21)22)17-9-16-29-14-7-2-8-15-29/h1,3-6,10-13,18H,2,7-9,14-17H2,(H2,27,28,31,32). The number of nitrogens with zero attached hydrogens (tertiary/aromatic N) is 2. The van der Waals surface area contributed by atoms with Gasteiger partial charge in [0.2, 0.25) is 0 Å². The highest BCUT2D eigenvalue weighted by Gasteiger charge is 2.33. The van der Waals surface area contributed by atoms with Crippen LogP contribution in [0.2, 0.25) is 0 Å². The van der Waals surface area contributed by atoms with Gasteiger partial charge in [-0.1, -0.05) is 42.8 Å². The number of anilines is 1. The molecule has 0 spiro atoms. The number of hydrogen-bond acceptors (Lipinski definition) is 4. The number of aromatic nitrogens is 1. The van der Waals surface area contributed by atoms with Gasteiger partial charge in [-0.25, -0.2) is 0 Å². The molecule has 5 rings (SSSR count). The summed E-state index contributed by atoms with van der Waals surface area (Å²) >= 11 is 0. The topological polar surface area (TPSA) is 66.4 Å². The van der Waals surface area contributed by atoms with Crippen molar-refractivity contribution in [2.45, 2.75) is 32.2 Å². The lowest BCUT2D eigenvalue weighted by atomic mass is 10.0. The van der Waals surface area contributed by atoms with Gasteiger partial charge in [-0.2, -0.15) is 0 Å². The SMILES string of the molecule is O=C1NC(=O)C(c2cn(CCCN3CCCCC3)c3ccccc23)=C1Nc1ccccc1. The monoisotopic (exact) mass is 428 g/mol. The van der Waals surface area contributed by atoms with E-state index in [4.69, 9.17) is 0 Å². The Balaban J connectivity index is 1.47. The second-order valence-corrected chi connectivity index (χ2v) is 8.53. The highest BCUT2D eigenvalue weighted by molar-refractivity contribution is 6.38. The molecule has 2 amide bonds. The third-order valence-electron chi connectivity index (χ3n) is 6.35. The van der Waals surface area contributed by atoms with Crippen molar-refractivity contribution in [3.05, 3.63) is 72.1 Å². The molecule has 0 radical (unpaired) electrons. The zero-order valence-electron chi connectivity index (χ0n) is 18.1. The van der Waals surface area contributed by atoms with Crippen LogP contribution in [0.1, 0.15) is 31.2 Å². The van der Waals surface area contributed by atoms with Crippen LogP contribution in [-0.4, -0.2) is 40.9 Å². The summed E-state index contributed by atoms with van der Waals surface area (Å²) < 4.78 is 2.22. The molecule has 0 saturated carbocycles. The van der Waals surface area contributed by atoms with E-state index in [1.807, 2.05) is 54.7 Å². The van der Waals surface area contributed by atoms with Gasteiger partial charge in [-0.3, -0.25) is 14.9 Å². The zero-order valence-corrected chi connectivity index (χ0v) is 18.1. The van der Waals surface area contributed by atoms with Crippen LogP contribution in [0.25, 0.3) is 16.5 Å². The summed E-state index contributed by atoms with van der Waals surface area (Å²) in [6, 6.07) is 17.6. The number of rotatable bonds is 7. The fourth-order valence-electron chi connectivity index (χ4n) is 4.78. The first-order chi connectivity index (χ1) is 15.7. The molecule has 2 aliphatic heterocycles. The first-order valence-corrected chi connectivity index (χ1v) is 11.4. The lowest BCUT2D eigenvalue weighted by Crippen LogP contribution is -2.31. The maximum atomic E-state index is 12.8. The van der Waals surface area contributed by atoms with E-state index < -0.39 is 5.91 Å². The van der Waals surface area contributed by atoms with Gasteiger partial charge < -0.3 is 14.8 Å². The van der Waals surface area contributed by atoms with E-state index in [2.05, 4.69) is 26.2 Å². The molecule has 164 valence electrons. The van der Waals surface area contributed by atoms with Crippen LogP contribution in [0.4, 0.5) is 5.69 Å². The molecular formula is C26H28N4O2. The Morgan fingerprint density at radius 1 is 0.844 bits per heavy atom. The largest absolute Gasteiger partial charge is 0.350 e. The maximum absolute atomic E-state index is 12.8. The smallest absolute Gasteiger partial charge is 0.275 e. The van der Waals surface area contributed by atoms with E-state index in [9.17, 15) is 9.59 Å². The van der Waals surface area contributed by atoms with Crippen LogP contribution in [0.15, 0.2) is 66.5 Å². The van der Waals surface area contributed by atoms with Crippen LogP contribution in [-0.2, 0) is 16.1 Å². The highest BCUT2D eigenvalue weighted by Crippen LogP contribution is 2.32. The molecule has 3 heterocycles. The number of nitrogens with one attached hydrogen (secondary N) is 2. The van der Waals surface area contributed by atoms with E-state index in [1.165, 1.54) is 32.4 Å². The summed E-state index contributed by atoms with van der Waals surface area (Å²) in [4.78, 5) is 28.0. The number of amides is 2. The molecule has 1 saturated heterocycles. The van der Waals surface area contributed by atoms with Gasteiger partial charge in [0.1, 0.15) is 5.70 Å². The predicted molar refractivity (Wildman–Crippen MR) is 127 cm³/mol. The Morgan fingerprint density at radius 3 is 2.41 bits per heavy atom. The third-order valence-corrected chi connectivity index (χ3v) is 6.35. The van der Waals surface area contributed by atoms with Crippen LogP contribution in [0.5, 0.6) is 0 Å². The summed E-state index contributed by atoms with van der Waals surface area (Å²) in [6.45, 7) is 4.36. The number of aryl methyl sites for hydroxylation is 1. The predicted octanol–water partition coefficient (Wildman–Crippen LogP) is 4.00. The second kappa shape index (κ2) is 9.01. The number of benzene rings is 2. The number of piperidine rings is 1. The summed E-state index contributed by atoms with van der Waals surface area (Å²) in [6.07, 6.45) is 7.02. The zero-order chi connectivity index (χ0) is 21.9. The molecule has 0 bridgehead atoms. The molecule has 1 aromatic heterocycles. The van der Waals surface area contributed by atoms with Gasteiger partial charge in [0.15, 0.2) is 0 Å². The molecule has 6 heteroatoms. The molecule has 6 nitrogen and oxygen atoms in total. The maximum Gasteiger partial charge on any atom is 0.275 e. The van der Waals surface area contributed by atoms with Crippen molar-refractivity contribution in [1.82, 2.24) is 14.8 Å². The fraction of sp³-hybridized carbons (Fsp3) is 0.308. The first-order valence-electron chi connectivity index (χ1n) is 11.4. The third kappa shape index (κ3) is 4.06. The first kappa shape index (κ1) is 20.5. The number of hydrogen-bond donors (Lipinski definition) is 2. The molecule has 3 aromatic rings. The minimum absolute atomic E-state index is 0.303. The van der Waals surface area contributed by atoms with Crippen molar-refractivity contribution in [2.75, 3.05) is 25.0 Å². The van der Waals surface area contributed by atoms with E-state index in [-0.39, 0.29) is 5.91 Å². The molecule has 0 atom stereocenters. The number of carbonyl (C=O) groups excluding carboxylic acids is 2. The molecule has 32 heavy (non-hydrogen) atoms. The molecular weight excluding hydrogens is 400 g/mol. The van der Waals surface area contributed by atoms with Crippen LogP contribution < -0.4 is 10.6 Å². The van der Waals surface area contributed by atoms with Gasteiger partial charge in [0.25, 0.3) is 11.8 Å². The lowest BCUT2D eigenvalue weighted by molar-refractivity contribution is -0.123. The van der Waals surface area contributed by atoms with Gasteiger partial charge >= 0.3 is 0 Å². The number of fused-ring (bicyclic) bond motifs is 1. The van der Waals surface area contributed by atoms with E-state index in [0.29, 0.717) is 11.3 Å². The normalized spacial score (nSPS) is 17.2. The van der Waals surface area contributed by atoms with E-state index in [1.54, 1.807) is 0 Å². The van der Waals surface area contributed by atoms with Crippen molar-refractivity contribution in [3.8, 4) is 0 Å². The van der Waals surface area contributed by atoms with Gasteiger partial charge in [0, 0.05) is 34.9 Å². The molecule has 2 aromatic carbocycles. The summed E-state index contributed by atoms with van der Waals surface area (Å²) in [7, 11) is 0. The summed E-state index contributed by atoms with van der Waals surface area (Å²) in [5.41, 5.74) is 3.36. The van der Waals surface area contributed by atoms with Crippen molar-refractivity contribution < 1.29 is 9.59 Å². The van der Waals surface area contributed by atoms with Crippen LogP contribution in [0.3, 0.4) is 0 Å². The Labute approximate surface area is 187 Å². The molecule has 2 aliphatic rings. The van der Waals surface area contributed by atoms with Crippen molar-refractivity contribution in [3.63, 3.8) is 0 Å². The van der Waals surface area contributed by atoms with E-state index >= 15 is 0 Å². The molecule has 1 fully saturated rings. The number of carbonyl (C=O) groups is 2. The second-order valence-electron chi connectivity index (χ2n) is 8.53. The van der Waals surface area contributed by atoms with Crippen LogP contribution in [0, 0.1) is 0 Å². The Kier molecular flexibility index (Phi) is 5.77. The molecule has 0 aliphatic carbocycles. The average molecular weight is 429 g/mol. The van der Waals surface area contributed by atoms with E-state index in [0.717, 1.165) is 41.7 Å². The number of para-hydroxylation sites is 2. The molecule has 2 N–H and O–H groups in total. The summed E-state index contributed by atoms with van der Waals surface area (Å²) in [5.74, 6) is -0.750. The number of likely N-dealkylation sites (tertiary alicyclic amines) is 1. The van der Waals surface area contributed by atoms with Gasteiger partial charge in [0.05, 0.1) is 5.57 Å². The lowest BCUT2D eigenvalue weighted by Gasteiger charge is -2.26. The van der Waals surface area contributed by atoms with Gasteiger partial charge in [-0.15, -0.1) is 0 Å². The Bertz CT molecular complexity index is 1170. The highest BCUT2D eigenvalue weighted by atomic mass is 16.2. The average Bonchev–Trinajstić information content (AvgIpc) is 3.31. The Morgan fingerprint density at radius 2 is 1.59 bits per heavy atom. The summed E-state index contributed by atoms with van der Waals surface area (Å²) in [5, 5.41) is 6.61. The Hall–Kier alpha value is -3.38. The quantitative estimate of drug-likeness (QED) is 0.559. The van der Waals surface area contributed by atoms with Crippen molar-refractivity contribution >= 4 is 34.0 Å². The minimum atomic E-state index is -0.393. The van der Waals surface area contributed by atoms with Crippen LogP contribution >= 0.6 is 0 Å². The van der Waals surface area contributed by atoms with Gasteiger partial charge in [-0.05, 0) is 57.1 Å².